The zero-order valence-electron chi connectivity index (χ0n) is 9.43. The summed E-state index contributed by atoms with van der Waals surface area (Å²) in [5, 5.41) is 11.1. The molecular formula is C9H19N3O3. The SMILES string of the molecule is COCC(C)CC(=O)N(C)CC(N)=NO. The predicted octanol–water partition coefficient (Wildman–Crippen LogP) is -0.136. The highest BCUT2D eigenvalue weighted by Crippen LogP contribution is 2.04. The molecule has 0 aliphatic heterocycles. The zero-order chi connectivity index (χ0) is 11.8. The van der Waals surface area contributed by atoms with Crippen molar-refractivity contribution in [2.24, 2.45) is 16.8 Å². The number of amidine groups is 1. The Morgan fingerprint density at radius 2 is 2.27 bits per heavy atom. The molecular weight excluding hydrogens is 198 g/mol. The molecule has 15 heavy (non-hydrogen) atoms. The Labute approximate surface area is 89.7 Å². The van der Waals surface area contributed by atoms with Crippen LogP contribution in [0.2, 0.25) is 0 Å². The second-order valence-corrected chi connectivity index (χ2v) is 3.61. The molecule has 0 aliphatic rings. The van der Waals surface area contributed by atoms with Gasteiger partial charge in [0.2, 0.25) is 5.91 Å². The molecule has 88 valence electrons. The van der Waals surface area contributed by atoms with Crippen LogP contribution in [0.25, 0.3) is 0 Å². The van der Waals surface area contributed by atoms with Crippen LogP contribution in [0.4, 0.5) is 0 Å². The molecule has 0 rings (SSSR count). The van der Waals surface area contributed by atoms with Gasteiger partial charge in [0, 0.05) is 27.2 Å². The Bertz CT molecular complexity index is 231. The van der Waals surface area contributed by atoms with E-state index >= 15 is 0 Å². The minimum absolute atomic E-state index is 0.0187. The Hall–Kier alpha value is -1.30. The lowest BCUT2D eigenvalue weighted by Gasteiger charge is -2.18. The first kappa shape index (κ1) is 13.7. The van der Waals surface area contributed by atoms with Crippen molar-refractivity contribution in [3.63, 3.8) is 0 Å². The zero-order valence-corrected chi connectivity index (χ0v) is 9.43. The number of rotatable bonds is 6. The monoisotopic (exact) mass is 217 g/mol. The van der Waals surface area contributed by atoms with Gasteiger partial charge in [0.15, 0.2) is 5.84 Å². The fourth-order valence-corrected chi connectivity index (χ4v) is 1.16. The molecule has 1 amide bonds. The van der Waals surface area contributed by atoms with E-state index in [1.54, 1.807) is 14.2 Å². The van der Waals surface area contributed by atoms with Gasteiger partial charge < -0.3 is 20.6 Å². The number of methoxy groups -OCH3 is 1. The number of carbonyl (C=O) groups excluding carboxylic acids is 1. The summed E-state index contributed by atoms with van der Waals surface area (Å²) in [4.78, 5) is 13.0. The highest BCUT2D eigenvalue weighted by molar-refractivity contribution is 5.86. The Balaban J connectivity index is 3.99. The molecule has 3 N–H and O–H groups in total. The number of likely N-dealkylation sites (N-methyl/N-ethyl adjacent to an activating group) is 1. The summed E-state index contributed by atoms with van der Waals surface area (Å²) in [7, 11) is 3.21. The van der Waals surface area contributed by atoms with Crippen LogP contribution in [-0.2, 0) is 9.53 Å². The van der Waals surface area contributed by atoms with Crippen molar-refractivity contribution in [3.8, 4) is 0 Å². The van der Waals surface area contributed by atoms with Crippen molar-refractivity contribution < 1.29 is 14.7 Å². The molecule has 6 heteroatoms. The van der Waals surface area contributed by atoms with Crippen molar-refractivity contribution >= 4 is 11.7 Å². The van der Waals surface area contributed by atoms with E-state index in [0.29, 0.717) is 13.0 Å². The lowest BCUT2D eigenvalue weighted by Crippen LogP contribution is -2.36. The van der Waals surface area contributed by atoms with Crippen LogP contribution in [0.3, 0.4) is 0 Å². The van der Waals surface area contributed by atoms with Crippen molar-refractivity contribution in [1.82, 2.24) is 4.90 Å². The van der Waals surface area contributed by atoms with Crippen LogP contribution in [0.1, 0.15) is 13.3 Å². The van der Waals surface area contributed by atoms with Crippen LogP contribution in [0.5, 0.6) is 0 Å². The van der Waals surface area contributed by atoms with Gasteiger partial charge in [-0.25, -0.2) is 0 Å². The highest BCUT2D eigenvalue weighted by atomic mass is 16.5. The van der Waals surface area contributed by atoms with Crippen LogP contribution in [-0.4, -0.2) is 49.2 Å². The third-order valence-corrected chi connectivity index (χ3v) is 1.93. The van der Waals surface area contributed by atoms with Gasteiger partial charge in [-0.05, 0) is 5.92 Å². The van der Waals surface area contributed by atoms with E-state index in [2.05, 4.69) is 5.16 Å². The average Bonchev–Trinajstić information content (AvgIpc) is 2.17. The molecule has 0 saturated carbocycles. The second kappa shape index (κ2) is 7.05. The number of carbonyl (C=O) groups is 1. The standard InChI is InChI=1S/C9H19N3O3/c1-7(6-15-3)4-9(13)12(2)5-8(10)11-14/h7,14H,4-6H2,1-3H3,(H2,10,11). The molecule has 0 saturated heterocycles. The lowest BCUT2D eigenvalue weighted by molar-refractivity contribution is -0.130. The van der Waals surface area contributed by atoms with Gasteiger partial charge in [0.25, 0.3) is 0 Å². The number of hydrogen-bond acceptors (Lipinski definition) is 4. The van der Waals surface area contributed by atoms with Gasteiger partial charge in [-0.3, -0.25) is 4.79 Å². The first-order valence-corrected chi connectivity index (χ1v) is 4.70. The fraction of sp³-hybridized carbons (Fsp3) is 0.778. The van der Waals surface area contributed by atoms with Gasteiger partial charge in [-0.15, -0.1) is 0 Å². The maximum Gasteiger partial charge on any atom is 0.223 e. The van der Waals surface area contributed by atoms with E-state index in [0.717, 1.165) is 0 Å². The Kier molecular flexibility index (Phi) is 6.44. The molecule has 6 nitrogen and oxygen atoms in total. The molecule has 0 aromatic rings. The summed E-state index contributed by atoms with van der Waals surface area (Å²) < 4.78 is 4.93. The van der Waals surface area contributed by atoms with E-state index in [1.807, 2.05) is 6.92 Å². The maximum atomic E-state index is 11.6. The van der Waals surface area contributed by atoms with E-state index < -0.39 is 0 Å². The van der Waals surface area contributed by atoms with E-state index in [4.69, 9.17) is 15.7 Å². The molecule has 1 atom stereocenters. The molecule has 0 fully saturated rings. The third-order valence-electron chi connectivity index (χ3n) is 1.93. The predicted molar refractivity (Wildman–Crippen MR) is 56.7 cm³/mol. The van der Waals surface area contributed by atoms with E-state index in [1.165, 1.54) is 4.90 Å². The van der Waals surface area contributed by atoms with Crippen LogP contribution in [0.15, 0.2) is 5.16 Å². The van der Waals surface area contributed by atoms with Crippen LogP contribution < -0.4 is 5.73 Å². The summed E-state index contributed by atoms with van der Waals surface area (Å²) in [6, 6.07) is 0. The highest BCUT2D eigenvalue weighted by Gasteiger charge is 2.14. The van der Waals surface area contributed by atoms with E-state index in [-0.39, 0.29) is 24.2 Å². The molecule has 0 aromatic carbocycles. The van der Waals surface area contributed by atoms with Crippen molar-refractivity contribution in [2.45, 2.75) is 13.3 Å². The quantitative estimate of drug-likeness (QED) is 0.280. The summed E-state index contributed by atoms with van der Waals surface area (Å²) >= 11 is 0. The third kappa shape index (κ3) is 5.90. The van der Waals surface area contributed by atoms with Crippen molar-refractivity contribution in [2.75, 3.05) is 27.3 Å². The average molecular weight is 217 g/mol. The Morgan fingerprint density at radius 3 is 2.73 bits per heavy atom. The minimum Gasteiger partial charge on any atom is -0.409 e. The smallest absolute Gasteiger partial charge is 0.223 e. The first-order chi connectivity index (χ1) is 7.01. The number of oxime groups is 1. The van der Waals surface area contributed by atoms with Crippen LogP contribution >= 0.6 is 0 Å². The normalized spacial score (nSPS) is 13.7. The number of ether oxygens (including phenoxy) is 1. The number of nitrogens with two attached hydrogens (primary N) is 1. The molecule has 1 unspecified atom stereocenters. The van der Waals surface area contributed by atoms with Crippen molar-refractivity contribution in [3.05, 3.63) is 0 Å². The van der Waals surface area contributed by atoms with Gasteiger partial charge in [0.05, 0.1) is 6.54 Å². The summed E-state index contributed by atoms with van der Waals surface area (Å²) in [6.07, 6.45) is 0.392. The number of hydrogen-bond donors (Lipinski definition) is 2. The van der Waals surface area contributed by atoms with Crippen LogP contribution in [0, 0.1) is 5.92 Å². The number of amides is 1. The summed E-state index contributed by atoms with van der Waals surface area (Å²) in [5.41, 5.74) is 5.28. The fourth-order valence-electron chi connectivity index (χ4n) is 1.16. The van der Waals surface area contributed by atoms with Gasteiger partial charge >= 0.3 is 0 Å². The summed E-state index contributed by atoms with van der Waals surface area (Å²) in [6.45, 7) is 2.61. The lowest BCUT2D eigenvalue weighted by atomic mass is 10.1. The Morgan fingerprint density at radius 1 is 1.67 bits per heavy atom. The maximum absolute atomic E-state index is 11.6. The van der Waals surface area contributed by atoms with Gasteiger partial charge in [-0.2, -0.15) is 0 Å². The minimum atomic E-state index is -0.0499. The van der Waals surface area contributed by atoms with Gasteiger partial charge in [0.1, 0.15) is 0 Å². The molecule has 0 aliphatic carbocycles. The molecule has 0 spiro atoms. The molecule has 0 bridgehead atoms. The van der Waals surface area contributed by atoms with E-state index in [9.17, 15) is 4.79 Å². The summed E-state index contributed by atoms with van der Waals surface area (Å²) in [5.74, 6) is 0.133. The molecule has 0 heterocycles. The first-order valence-electron chi connectivity index (χ1n) is 4.70. The number of nitrogens with zero attached hydrogens (tertiary/aromatic N) is 2. The molecule has 0 aromatic heterocycles. The molecule has 0 radical (unpaired) electrons. The van der Waals surface area contributed by atoms with Gasteiger partial charge in [-0.1, -0.05) is 12.1 Å². The largest absolute Gasteiger partial charge is 0.409 e. The second-order valence-electron chi connectivity index (χ2n) is 3.61. The van der Waals surface area contributed by atoms with Crippen molar-refractivity contribution in [1.29, 1.82) is 0 Å². The topological polar surface area (TPSA) is 88.2 Å².